The van der Waals surface area contributed by atoms with E-state index in [1.54, 1.807) is 0 Å². The van der Waals surface area contributed by atoms with Gasteiger partial charge in [0.15, 0.2) is 0 Å². The van der Waals surface area contributed by atoms with Crippen molar-refractivity contribution in [3.63, 3.8) is 0 Å². The molecule has 0 unspecified atom stereocenters. The topological polar surface area (TPSA) is 40.5 Å². The van der Waals surface area contributed by atoms with Gasteiger partial charge in [-0.15, -0.1) is 0 Å². The highest BCUT2D eigenvalue weighted by Crippen LogP contribution is 2.07. The summed E-state index contributed by atoms with van der Waals surface area (Å²) in [5, 5.41) is 15.2. The third-order valence-corrected chi connectivity index (χ3v) is 4.10. The van der Waals surface area contributed by atoms with Gasteiger partial charge in [0.1, 0.15) is 0 Å². The molecule has 0 heterocycles. The summed E-state index contributed by atoms with van der Waals surface area (Å²) >= 11 is 0. The molecule has 0 bridgehead atoms. The molecule has 0 amide bonds. The van der Waals surface area contributed by atoms with Crippen LogP contribution in [-0.2, 0) is 0 Å². The molecule has 0 saturated heterocycles. The highest BCUT2D eigenvalue weighted by atomic mass is 16.4. The Morgan fingerprint density at radius 1 is 0.355 bits per heavy atom. The molecule has 3 aromatic carbocycles. The summed E-state index contributed by atoms with van der Waals surface area (Å²) in [4.78, 5) is 0. The third-order valence-electron chi connectivity index (χ3n) is 4.10. The highest BCUT2D eigenvalue weighted by Gasteiger charge is 1.89. The lowest BCUT2D eigenvalue weighted by molar-refractivity contribution is 0.417. The Morgan fingerprint density at radius 3 is 0.484 bits per heavy atom. The summed E-state index contributed by atoms with van der Waals surface area (Å²) in [6, 6.07) is 19.7. The fraction of sp³-hybridized carbons (Fsp3) is 0.357. The highest BCUT2D eigenvalue weighted by molar-refractivity contribution is 6.38. The first kappa shape index (κ1) is 28.6. The second-order valence-electron chi connectivity index (χ2n) is 8.63. The maximum Gasteiger partial charge on any atom is 0.448 e. The van der Waals surface area contributed by atoms with Crippen LogP contribution >= 0.6 is 0 Å². The van der Waals surface area contributed by atoms with Crippen LogP contribution in [0.25, 0.3) is 0 Å². The van der Waals surface area contributed by atoms with Crippen molar-refractivity contribution < 1.29 is 10.0 Å². The van der Waals surface area contributed by atoms with Crippen LogP contribution in [0.5, 0.6) is 0 Å². The quantitative estimate of drug-likeness (QED) is 0.387. The molecule has 0 aromatic heterocycles. The lowest BCUT2D eigenvalue weighted by Crippen LogP contribution is -2.00. The molecule has 2 nitrogen and oxygen atoms in total. The van der Waals surface area contributed by atoms with Crippen molar-refractivity contribution in [1.82, 2.24) is 0 Å². The maximum atomic E-state index is 7.61. The van der Waals surface area contributed by atoms with E-state index in [4.69, 9.17) is 10.0 Å². The minimum absolute atomic E-state index is 1.17. The molecule has 0 saturated carbocycles. The van der Waals surface area contributed by atoms with E-state index in [1.165, 1.54) is 56.9 Å². The summed E-state index contributed by atoms with van der Waals surface area (Å²) < 4.78 is 0. The SMILES string of the molecule is CB(O)O.Cc1cc(C)cc(C)c1.Cc1cc(C)cc(C)c1.Cc1cc(C)cc(C)c1. The molecule has 31 heavy (non-hydrogen) atoms. The molecule has 3 aromatic rings. The minimum atomic E-state index is -1.17. The zero-order valence-corrected chi connectivity index (χ0v) is 21.2. The smallest absolute Gasteiger partial charge is 0.427 e. The van der Waals surface area contributed by atoms with E-state index in [1.807, 2.05) is 0 Å². The van der Waals surface area contributed by atoms with E-state index in [-0.39, 0.29) is 0 Å². The molecule has 0 aliphatic carbocycles. The lowest BCUT2D eigenvalue weighted by atomic mass is 9.99. The van der Waals surface area contributed by atoms with Crippen LogP contribution < -0.4 is 0 Å². The van der Waals surface area contributed by atoms with Gasteiger partial charge in [-0.1, -0.05) is 105 Å². The number of rotatable bonds is 0. The zero-order chi connectivity index (χ0) is 24.1. The molecule has 0 atom stereocenters. The largest absolute Gasteiger partial charge is 0.448 e. The molecule has 0 fully saturated rings. The first-order valence-electron chi connectivity index (χ1n) is 10.8. The van der Waals surface area contributed by atoms with Crippen molar-refractivity contribution in [2.24, 2.45) is 0 Å². The third kappa shape index (κ3) is 16.1. The molecular weight excluding hydrogens is 379 g/mol. The molecular formula is C28H41BO2. The van der Waals surface area contributed by atoms with Gasteiger partial charge in [-0.3, -0.25) is 0 Å². The van der Waals surface area contributed by atoms with Gasteiger partial charge in [-0.05, 0) is 69.1 Å². The first-order valence-corrected chi connectivity index (χ1v) is 10.8. The standard InChI is InChI=1S/3C9H12.CH5BO2/c3*1-7-4-8(2)6-9(3)5-7;1-2(3)4/h3*4-6H,1-3H3;3-4H,1H3. The van der Waals surface area contributed by atoms with Crippen LogP contribution in [0.4, 0.5) is 0 Å². The Hall–Kier alpha value is -2.36. The molecule has 0 spiro atoms. The van der Waals surface area contributed by atoms with Gasteiger partial charge in [0, 0.05) is 0 Å². The van der Waals surface area contributed by atoms with Crippen LogP contribution in [0.3, 0.4) is 0 Å². The summed E-state index contributed by atoms with van der Waals surface area (Å²) in [7, 11) is -1.17. The van der Waals surface area contributed by atoms with Gasteiger partial charge in [0.2, 0.25) is 0 Å². The second-order valence-corrected chi connectivity index (χ2v) is 8.63. The summed E-state index contributed by atoms with van der Waals surface area (Å²) in [6.45, 7) is 20.4. The average Bonchev–Trinajstić information content (AvgIpc) is 2.51. The van der Waals surface area contributed by atoms with Gasteiger partial charge in [-0.2, -0.15) is 0 Å². The lowest BCUT2D eigenvalue weighted by Gasteiger charge is -1.96. The summed E-state index contributed by atoms with van der Waals surface area (Å²) in [6.07, 6.45) is 0. The van der Waals surface area contributed by atoms with Crippen molar-refractivity contribution in [2.45, 2.75) is 69.1 Å². The van der Waals surface area contributed by atoms with Crippen molar-refractivity contribution >= 4 is 7.12 Å². The van der Waals surface area contributed by atoms with Crippen molar-refractivity contribution in [1.29, 1.82) is 0 Å². The van der Waals surface area contributed by atoms with Crippen LogP contribution in [0.1, 0.15) is 50.1 Å². The number of aryl methyl sites for hydroxylation is 9. The van der Waals surface area contributed by atoms with Gasteiger partial charge in [0.25, 0.3) is 0 Å². The van der Waals surface area contributed by atoms with Crippen LogP contribution in [-0.4, -0.2) is 17.2 Å². The van der Waals surface area contributed by atoms with Gasteiger partial charge < -0.3 is 10.0 Å². The summed E-state index contributed by atoms with van der Waals surface area (Å²) in [5.74, 6) is 0. The Bertz CT molecular complexity index is 658. The second kappa shape index (κ2) is 14.6. The van der Waals surface area contributed by atoms with Crippen LogP contribution in [0.15, 0.2) is 54.6 Å². The molecule has 0 aliphatic heterocycles. The maximum absolute atomic E-state index is 7.61. The monoisotopic (exact) mass is 420 g/mol. The molecule has 3 rings (SSSR count). The van der Waals surface area contributed by atoms with Crippen molar-refractivity contribution in [3.8, 4) is 0 Å². The fourth-order valence-electron chi connectivity index (χ4n) is 3.61. The minimum Gasteiger partial charge on any atom is -0.427 e. The zero-order valence-electron chi connectivity index (χ0n) is 21.2. The van der Waals surface area contributed by atoms with E-state index < -0.39 is 7.12 Å². The van der Waals surface area contributed by atoms with Crippen LogP contribution in [0.2, 0.25) is 6.82 Å². The fourth-order valence-corrected chi connectivity index (χ4v) is 3.61. The normalized spacial score (nSPS) is 9.29. The average molecular weight is 420 g/mol. The number of benzene rings is 3. The summed E-state index contributed by atoms with van der Waals surface area (Å²) in [5.41, 5.74) is 12.2. The van der Waals surface area contributed by atoms with E-state index in [2.05, 4.69) is 117 Å². The Morgan fingerprint density at radius 2 is 0.419 bits per heavy atom. The van der Waals surface area contributed by atoms with Crippen LogP contribution in [0, 0.1) is 62.3 Å². The number of hydrogen-bond donors (Lipinski definition) is 2. The predicted octanol–water partition coefficient (Wildman–Crippen LogP) is 6.92. The molecule has 2 N–H and O–H groups in total. The molecule has 0 aliphatic rings. The van der Waals surface area contributed by atoms with E-state index in [9.17, 15) is 0 Å². The number of hydrogen-bond acceptors (Lipinski definition) is 2. The predicted molar refractivity (Wildman–Crippen MR) is 138 cm³/mol. The first-order chi connectivity index (χ1) is 14.3. The van der Waals surface area contributed by atoms with E-state index >= 15 is 0 Å². The van der Waals surface area contributed by atoms with Gasteiger partial charge in [-0.25, -0.2) is 0 Å². The molecule has 168 valence electrons. The molecule has 3 heteroatoms. The Balaban J connectivity index is 0.000000402. The molecule has 0 radical (unpaired) electrons. The van der Waals surface area contributed by atoms with E-state index in [0.29, 0.717) is 0 Å². The van der Waals surface area contributed by atoms with Crippen molar-refractivity contribution in [3.05, 3.63) is 105 Å². The van der Waals surface area contributed by atoms with E-state index in [0.717, 1.165) is 0 Å². The van der Waals surface area contributed by atoms with Gasteiger partial charge >= 0.3 is 7.12 Å². The Kier molecular flexibility index (Phi) is 13.5. The van der Waals surface area contributed by atoms with Gasteiger partial charge in [0.05, 0.1) is 0 Å². The Labute approximate surface area is 191 Å². The van der Waals surface area contributed by atoms with Crippen molar-refractivity contribution in [2.75, 3.05) is 0 Å².